The summed E-state index contributed by atoms with van der Waals surface area (Å²) in [4.78, 5) is 12.0. The molecule has 1 aliphatic heterocycles. The first-order valence-corrected chi connectivity index (χ1v) is 7.76. The molecule has 0 aliphatic carbocycles. The van der Waals surface area contributed by atoms with Crippen LogP contribution in [0.15, 0.2) is 0 Å². The summed E-state index contributed by atoms with van der Waals surface area (Å²) in [7, 11) is 0. The third-order valence-corrected chi connectivity index (χ3v) is 3.90. The van der Waals surface area contributed by atoms with Crippen molar-refractivity contribution in [2.45, 2.75) is 58.8 Å². The van der Waals surface area contributed by atoms with Gasteiger partial charge >= 0.3 is 0 Å². The molecule has 0 radical (unpaired) electrons. The van der Waals surface area contributed by atoms with E-state index < -0.39 is 0 Å². The van der Waals surface area contributed by atoms with Crippen LogP contribution in [0.3, 0.4) is 0 Å². The molecule has 3 heteroatoms. The van der Waals surface area contributed by atoms with Crippen molar-refractivity contribution in [3.05, 3.63) is 0 Å². The SMILES string of the molecule is CCCC(CCC)C(=O)NCCC1CCCNC1. The van der Waals surface area contributed by atoms with E-state index in [9.17, 15) is 4.79 Å². The zero-order chi connectivity index (χ0) is 13.2. The van der Waals surface area contributed by atoms with Crippen molar-refractivity contribution < 1.29 is 4.79 Å². The number of rotatable bonds is 8. The Morgan fingerprint density at radius 2 is 2.06 bits per heavy atom. The first kappa shape index (κ1) is 15.5. The van der Waals surface area contributed by atoms with Gasteiger partial charge in [-0.15, -0.1) is 0 Å². The first-order chi connectivity index (χ1) is 8.77. The van der Waals surface area contributed by atoms with Gasteiger partial charge in [0.15, 0.2) is 0 Å². The molecule has 1 saturated heterocycles. The van der Waals surface area contributed by atoms with Crippen LogP contribution in [0, 0.1) is 11.8 Å². The number of carbonyl (C=O) groups excluding carboxylic acids is 1. The van der Waals surface area contributed by atoms with Gasteiger partial charge in [0.05, 0.1) is 0 Å². The van der Waals surface area contributed by atoms with E-state index in [1.807, 2.05) is 0 Å². The molecule has 0 spiro atoms. The van der Waals surface area contributed by atoms with Crippen LogP contribution in [0.25, 0.3) is 0 Å². The molecule has 0 aromatic rings. The van der Waals surface area contributed by atoms with E-state index in [-0.39, 0.29) is 11.8 Å². The Morgan fingerprint density at radius 1 is 1.33 bits per heavy atom. The van der Waals surface area contributed by atoms with Gasteiger partial charge in [0.25, 0.3) is 0 Å². The highest BCUT2D eigenvalue weighted by atomic mass is 16.1. The van der Waals surface area contributed by atoms with Crippen molar-refractivity contribution >= 4 is 5.91 Å². The fraction of sp³-hybridized carbons (Fsp3) is 0.933. The number of piperidine rings is 1. The normalized spacial score (nSPS) is 20.1. The Bertz CT molecular complexity index is 219. The fourth-order valence-corrected chi connectivity index (χ4v) is 2.82. The molecule has 1 unspecified atom stereocenters. The van der Waals surface area contributed by atoms with Crippen molar-refractivity contribution in [3.8, 4) is 0 Å². The third-order valence-electron chi connectivity index (χ3n) is 3.90. The minimum Gasteiger partial charge on any atom is -0.356 e. The second kappa shape index (κ2) is 9.37. The minimum absolute atomic E-state index is 0.240. The molecule has 2 N–H and O–H groups in total. The minimum atomic E-state index is 0.240. The highest BCUT2D eigenvalue weighted by molar-refractivity contribution is 5.78. The van der Waals surface area contributed by atoms with Crippen molar-refractivity contribution in [1.82, 2.24) is 10.6 Å². The quantitative estimate of drug-likeness (QED) is 0.699. The van der Waals surface area contributed by atoms with E-state index >= 15 is 0 Å². The highest BCUT2D eigenvalue weighted by Gasteiger charge is 2.17. The predicted octanol–water partition coefficient (Wildman–Crippen LogP) is 2.71. The summed E-state index contributed by atoms with van der Waals surface area (Å²) in [6, 6.07) is 0. The first-order valence-electron chi connectivity index (χ1n) is 7.76. The Morgan fingerprint density at radius 3 is 2.61 bits per heavy atom. The molecule has 1 atom stereocenters. The van der Waals surface area contributed by atoms with Crippen LogP contribution in [0.4, 0.5) is 0 Å². The molecular formula is C15H30N2O. The summed E-state index contributed by atoms with van der Waals surface area (Å²) in [6.07, 6.45) is 8.00. The second-order valence-electron chi connectivity index (χ2n) is 5.57. The largest absolute Gasteiger partial charge is 0.356 e. The van der Waals surface area contributed by atoms with Crippen LogP contribution in [0.1, 0.15) is 58.8 Å². The molecule has 1 rings (SSSR count). The highest BCUT2D eigenvalue weighted by Crippen LogP contribution is 2.15. The third kappa shape index (κ3) is 5.85. The van der Waals surface area contributed by atoms with Crippen molar-refractivity contribution in [3.63, 3.8) is 0 Å². The molecule has 0 saturated carbocycles. The monoisotopic (exact) mass is 254 g/mol. The number of amides is 1. The predicted molar refractivity (Wildman–Crippen MR) is 76.5 cm³/mol. The van der Waals surface area contributed by atoms with E-state index in [0.717, 1.165) is 57.7 Å². The Balaban J connectivity index is 2.17. The molecule has 0 bridgehead atoms. The van der Waals surface area contributed by atoms with Crippen LogP contribution in [0.2, 0.25) is 0 Å². The molecule has 1 fully saturated rings. The molecule has 18 heavy (non-hydrogen) atoms. The zero-order valence-corrected chi connectivity index (χ0v) is 12.1. The molecule has 0 aromatic heterocycles. The number of nitrogens with one attached hydrogen (secondary N) is 2. The Kier molecular flexibility index (Phi) is 8.06. The lowest BCUT2D eigenvalue weighted by molar-refractivity contribution is -0.125. The summed E-state index contributed by atoms with van der Waals surface area (Å²) in [6.45, 7) is 7.46. The standard InChI is InChI=1S/C15H30N2O/c1-3-6-14(7-4-2)15(18)17-11-9-13-8-5-10-16-12-13/h13-14,16H,3-12H2,1-2H3,(H,17,18). The van der Waals surface area contributed by atoms with Gasteiger partial charge in [0, 0.05) is 12.5 Å². The van der Waals surface area contributed by atoms with Crippen LogP contribution in [-0.2, 0) is 4.79 Å². The van der Waals surface area contributed by atoms with Crippen LogP contribution >= 0.6 is 0 Å². The van der Waals surface area contributed by atoms with Gasteiger partial charge in [0.1, 0.15) is 0 Å². The van der Waals surface area contributed by atoms with Crippen molar-refractivity contribution in [2.24, 2.45) is 11.8 Å². The lowest BCUT2D eigenvalue weighted by Crippen LogP contribution is -2.35. The summed E-state index contributed by atoms with van der Waals surface area (Å²) in [5.41, 5.74) is 0. The molecule has 1 heterocycles. The van der Waals surface area contributed by atoms with Crippen LogP contribution in [-0.4, -0.2) is 25.5 Å². The lowest BCUT2D eigenvalue weighted by atomic mass is 9.95. The topological polar surface area (TPSA) is 41.1 Å². The van der Waals surface area contributed by atoms with E-state index in [1.165, 1.54) is 12.8 Å². The Hall–Kier alpha value is -0.570. The summed E-state index contributed by atoms with van der Waals surface area (Å²) < 4.78 is 0. The van der Waals surface area contributed by atoms with Crippen molar-refractivity contribution in [1.29, 1.82) is 0 Å². The molecule has 1 amide bonds. The maximum absolute atomic E-state index is 12.0. The van der Waals surface area contributed by atoms with Gasteiger partial charge in [-0.1, -0.05) is 26.7 Å². The summed E-state index contributed by atoms with van der Waals surface area (Å²) in [5, 5.41) is 6.56. The van der Waals surface area contributed by atoms with Gasteiger partial charge in [-0.05, 0) is 51.1 Å². The van der Waals surface area contributed by atoms with E-state index in [1.54, 1.807) is 0 Å². The van der Waals surface area contributed by atoms with Crippen molar-refractivity contribution in [2.75, 3.05) is 19.6 Å². The van der Waals surface area contributed by atoms with Gasteiger partial charge in [-0.3, -0.25) is 4.79 Å². The molecule has 0 aromatic carbocycles. The maximum atomic E-state index is 12.0. The van der Waals surface area contributed by atoms with Crippen LogP contribution in [0.5, 0.6) is 0 Å². The molecule has 1 aliphatic rings. The van der Waals surface area contributed by atoms with Gasteiger partial charge in [-0.25, -0.2) is 0 Å². The Labute approximate surface area is 112 Å². The second-order valence-corrected chi connectivity index (χ2v) is 5.57. The average molecular weight is 254 g/mol. The number of carbonyl (C=O) groups is 1. The summed E-state index contributed by atoms with van der Waals surface area (Å²) in [5.74, 6) is 1.28. The van der Waals surface area contributed by atoms with E-state index in [2.05, 4.69) is 24.5 Å². The fourth-order valence-electron chi connectivity index (χ4n) is 2.82. The maximum Gasteiger partial charge on any atom is 0.223 e. The van der Waals surface area contributed by atoms with Gasteiger partial charge in [0.2, 0.25) is 5.91 Å². The zero-order valence-electron chi connectivity index (χ0n) is 12.1. The van der Waals surface area contributed by atoms with Gasteiger partial charge < -0.3 is 10.6 Å². The smallest absolute Gasteiger partial charge is 0.223 e. The van der Waals surface area contributed by atoms with Gasteiger partial charge in [-0.2, -0.15) is 0 Å². The van der Waals surface area contributed by atoms with E-state index in [4.69, 9.17) is 0 Å². The molecular weight excluding hydrogens is 224 g/mol. The van der Waals surface area contributed by atoms with E-state index in [0.29, 0.717) is 0 Å². The summed E-state index contributed by atoms with van der Waals surface area (Å²) >= 11 is 0. The number of hydrogen-bond acceptors (Lipinski definition) is 2. The molecule has 3 nitrogen and oxygen atoms in total. The van der Waals surface area contributed by atoms with Crippen LogP contribution < -0.4 is 10.6 Å². The lowest BCUT2D eigenvalue weighted by Gasteiger charge is -2.23. The average Bonchev–Trinajstić information content (AvgIpc) is 2.39. The number of hydrogen-bond donors (Lipinski definition) is 2. The molecule has 106 valence electrons.